The Hall–Kier alpha value is -2.54. The molecule has 0 unspecified atom stereocenters. The van der Waals surface area contributed by atoms with Gasteiger partial charge in [0.05, 0.1) is 40.9 Å². The summed E-state index contributed by atoms with van der Waals surface area (Å²) >= 11 is 6.57. The van der Waals surface area contributed by atoms with Crippen molar-refractivity contribution in [2.75, 3.05) is 24.5 Å². The number of rotatable bonds is 3. The van der Waals surface area contributed by atoms with E-state index in [1.807, 2.05) is 27.8 Å². The lowest BCUT2D eigenvalue weighted by Crippen LogP contribution is -2.57. The first-order chi connectivity index (χ1) is 13.1. The van der Waals surface area contributed by atoms with E-state index >= 15 is 0 Å². The summed E-state index contributed by atoms with van der Waals surface area (Å²) in [5, 5.41) is 13.7. The number of hydrogen-bond acceptors (Lipinski definition) is 4. The van der Waals surface area contributed by atoms with Gasteiger partial charge in [0.2, 0.25) is 5.91 Å². The van der Waals surface area contributed by atoms with Gasteiger partial charge in [0, 0.05) is 36.9 Å². The molecule has 1 saturated carbocycles. The number of halogens is 1. The van der Waals surface area contributed by atoms with Crippen LogP contribution in [0, 0.1) is 5.41 Å². The van der Waals surface area contributed by atoms with Crippen LogP contribution in [0.2, 0.25) is 5.02 Å². The van der Waals surface area contributed by atoms with Gasteiger partial charge in [0.1, 0.15) is 5.69 Å². The van der Waals surface area contributed by atoms with Crippen LogP contribution >= 0.6 is 11.6 Å². The SMILES string of the molecule is O=C1CC2(CN1)CN(c1cc3c(cnn3-c3cnn(C4CC4)c3)cc1Cl)C2. The molecule has 4 heterocycles. The van der Waals surface area contributed by atoms with E-state index in [1.165, 1.54) is 12.8 Å². The lowest BCUT2D eigenvalue weighted by atomic mass is 9.78. The topological polar surface area (TPSA) is 68.0 Å². The summed E-state index contributed by atoms with van der Waals surface area (Å²) < 4.78 is 3.96. The van der Waals surface area contributed by atoms with Gasteiger partial charge >= 0.3 is 0 Å². The van der Waals surface area contributed by atoms with Crippen molar-refractivity contribution in [2.24, 2.45) is 5.41 Å². The van der Waals surface area contributed by atoms with Crippen molar-refractivity contribution in [3.8, 4) is 5.69 Å². The molecule has 6 rings (SSSR count). The third-order valence-corrected chi connectivity index (χ3v) is 6.28. The van der Waals surface area contributed by atoms with Crippen molar-refractivity contribution in [1.82, 2.24) is 24.9 Å². The van der Waals surface area contributed by atoms with Crippen molar-refractivity contribution in [3.63, 3.8) is 0 Å². The van der Waals surface area contributed by atoms with Crippen LogP contribution in [0.1, 0.15) is 25.3 Å². The third-order valence-electron chi connectivity index (χ3n) is 5.98. The van der Waals surface area contributed by atoms with E-state index in [-0.39, 0.29) is 11.3 Å². The molecule has 1 N–H and O–H groups in total. The van der Waals surface area contributed by atoms with Crippen molar-refractivity contribution in [3.05, 3.63) is 35.7 Å². The van der Waals surface area contributed by atoms with E-state index in [9.17, 15) is 4.79 Å². The summed E-state index contributed by atoms with van der Waals surface area (Å²) in [7, 11) is 0. The van der Waals surface area contributed by atoms with Gasteiger partial charge in [0.15, 0.2) is 0 Å². The number of benzene rings is 1. The minimum absolute atomic E-state index is 0.0705. The van der Waals surface area contributed by atoms with E-state index in [1.54, 1.807) is 0 Å². The summed E-state index contributed by atoms with van der Waals surface area (Å²) in [6, 6.07) is 4.63. The molecule has 8 heteroatoms. The minimum atomic E-state index is 0.0705. The highest BCUT2D eigenvalue weighted by atomic mass is 35.5. The van der Waals surface area contributed by atoms with Gasteiger partial charge in [-0.2, -0.15) is 10.2 Å². The largest absolute Gasteiger partial charge is 0.369 e. The molecule has 7 nitrogen and oxygen atoms in total. The molecule has 138 valence electrons. The molecular formula is C19H19ClN6O. The molecule has 1 aliphatic carbocycles. The maximum Gasteiger partial charge on any atom is 0.220 e. The maximum atomic E-state index is 11.6. The average Bonchev–Trinajstić information content (AvgIpc) is 3.02. The zero-order chi connectivity index (χ0) is 18.2. The predicted octanol–water partition coefficient (Wildman–Crippen LogP) is 2.54. The molecule has 3 aliphatic rings. The van der Waals surface area contributed by atoms with E-state index in [0.29, 0.717) is 12.5 Å². The van der Waals surface area contributed by atoms with Gasteiger partial charge < -0.3 is 10.2 Å². The zero-order valence-corrected chi connectivity index (χ0v) is 15.5. The Morgan fingerprint density at radius 1 is 1.19 bits per heavy atom. The van der Waals surface area contributed by atoms with Crippen LogP contribution in [0.15, 0.2) is 30.7 Å². The molecule has 1 amide bonds. The Kier molecular flexibility index (Phi) is 3.02. The number of carbonyl (C=O) groups is 1. The molecule has 0 bridgehead atoms. The Morgan fingerprint density at radius 2 is 2.04 bits per heavy atom. The first-order valence-corrected chi connectivity index (χ1v) is 9.72. The highest BCUT2D eigenvalue weighted by Gasteiger charge is 2.48. The van der Waals surface area contributed by atoms with E-state index in [4.69, 9.17) is 11.6 Å². The fraction of sp³-hybridized carbons (Fsp3) is 0.421. The molecule has 2 aromatic heterocycles. The number of nitrogens with one attached hydrogen (secondary N) is 1. The molecule has 1 spiro atoms. The standard InChI is InChI=1S/C19H19ClN6O/c20-15-3-12-6-23-26(14-7-22-25(8-14)13-1-2-13)16(12)4-17(15)24-10-19(11-24)5-18(27)21-9-19/h3-4,6-8,13H,1-2,5,9-11H2,(H,21,27). The smallest absolute Gasteiger partial charge is 0.220 e. The van der Waals surface area contributed by atoms with Crippen LogP contribution in [-0.2, 0) is 4.79 Å². The number of carbonyl (C=O) groups excluding carboxylic acids is 1. The van der Waals surface area contributed by atoms with Crippen molar-refractivity contribution in [1.29, 1.82) is 0 Å². The molecule has 1 aromatic carbocycles. The summed E-state index contributed by atoms with van der Waals surface area (Å²) in [5.41, 5.74) is 3.06. The van der Waals surface area contributed by atoms with E-state index in [0.717, 1.165) is 46.9 Å². The molecule has 2 saturated heterocycles. The maximum absolute atomic E-state index is 11.6. The van der Waals surface area contributed by atoms with Crippen LogP contribution < -0.4 is 10.2 Å². The minimum Gasteiger partial charge on any atom is -0.369 e. The number of hydrogen-bond donors (Lipinski definition) is 1. The lowest BCUT2D eigenvalue weighted by molar-refractivity contribution is -0.119. The molecule has 27 heavy (non-hydrogen) atoms. The van der Waals surface area contributed by atoms with Crippen molar-refractivity contribution in [2.45, 2.75) is 25.3 Å². The molecule has 3 aromatic rings. The van der Waals surface area contributed by atoms with Crippen LogP contribution in [-0.4, -0.2) is 45.1 Å². The summed E-state index contributed by atoms with van der Waals surface area (Å²) in [6.45, 7) is 2.47. The fourth-order valence-electron chi connectivity index (χ4n) is 4.37. The van der Waals surface area contributed by atoms with Gasteiger partial charge in [-0.15, -0.1) is 0 Å². The lowest BCUT2D eigenvalue weighted by Gasteiger charge is -2.48. The summed E-state index contributed by atoms with van der Waals surface area (Å²) in [4.78, 5) is 13.8. The molecular weight excluding hydrogens is 364 g/mol. The predicted molar refractivity (Wildman–Crippen MR) is 102 cm³/mol. The van der Waals surface area contributed by atoms with Crippen LogP contribution in [0.3, 0.4) is 0 Å². The van der Waals surface area contributed by atoms with Crippen molar-refractivity contribution < 1.29 is 4.79 Å². The van der Waals surface area contributed by atoms with Gasteiger partial charge in [-0.1, -0.05) is 11.6 Å². The second-order valence-electron chi connectivity index (χ2n) is 8.14. The number of anilines is 1. The molecule has 2 aliphatic heterocycles. The Morgan fingerprint density at radius 3 is 2.78 bits per heavy atom. The Labute approximate surface area is 160 Å². The molecule has 3 fully saturated rings. The second kappa shape index (κ2) is 5.25. The number of aromatic nitrogens is 4. The Balaban J connectivity index is 1.35. The zero-order valence-electron chi connectivity index (χ0n) is 14.7. The second-order valence-corrected chi connectivity index (χ2v) is 8.55. The summed E-state index contributed by atoms with van der Waals surface area (Å²) in [6.07, 6.45) is 8.79. The van der Waals surface area contributed by atoms with Crippen LogP contribution in [0.25, 0.3) is 16.6 Å². The first-order valence-electron chi connectivity index (χ1n) is 9.34. The van der Waals surface area contributed by atoms with Gasteiger partial charge in [0.25, 0.3) is 0 Å². The average molecular weight is 383 g/mol. The van der Waals surface area contributed by atoms with Crippen LogP contribution in [0.4, 0.5) is 5.69 Å². The summed E-state index contributed by atoms with van der Waals surface area (Å²) in [5.74, 6) is 0.155. The normalized spacial score (nSPS) is 21.1. The third kappa shape index (κ3) is 2.37. The van der Waals surface area contributed by atoms with Gasteiger partial charge in [-0.25, -0.2) is 4.68 Å². The highest BCUT2D eigenvalue weighted by Crippen LogP contribution is 2.43. The van der Waals surface area contributed by atoms with Crippen LogP contribution in [0.5, 0.6) is 0 Å². The number of amides is 1. The monoisotopic (exact) mass is 382 g/mol. The van der Waals surface area contributed by atoms with E-state index in [2.05, 4.69) is 32.7 Å². The van der Waals surface area contributed by atoms with E-state index < -0.39 is 0 Å². The van der Waals surface area contributed by atoms with Crippen molar-refractivity contribution >= 4 is 34.1 Å². The molecule has 0 atom stereocenters. The van der Waals surface area contributed by atoms with Gasteiger partial charge in [-0.3, -0.25) is 9.48 Å². The number of fused-ring (bicyclic) bond motifs is 1. The number of nitrogens with zero attached hydrogens (tertiary/aromatic N) is 5. The first kappa shape index (κ1) is 15.5. The van der Waals surface area contributed by atoms with Gasteiger partial charge in [-0.05, 0) is 25.0 Å². The quantitative estimate of drug-likeness (QED) is 0.755. The Bertz CT molecular complexity index is 1080. The highest BCUT2D eigenvalue weighted by molar-refractivity contribution is 6.34. The molecule has 0 radical (unpaired) electrons. The fourth-order valence-corrected chi connectivity index (χ4v) is 4.66.